The summed E-state index contributed by atoms with van der Waals surface area (Å²) < 4.78 is 0. The molecule has 0 fully saturated rings. The molecule has 0 saturated carbocycles. The molecule has 1 aromatic carbocycles. The van der Waals surface area contributed by atoms with Crippen LogP contribution in [0.2, 0.25) is 5.02 Å². The highest BCUT2D eigenvalue weighted by atomic mass is 35.5. The van der Waals surface area contributed by atoms with Crippen LogP contribution in [0.5, 0.6) is 0 Å². The van der Waals surface area contributed by atoms with Gasteiger partial charge in [0.15, 0.2) is 10.9 Å². The summed E-state index contributed by atoms with van der Waals surface area (Å²) in [4.78, 5) is 1.87. The van der Waals surface area contributed by atoms with Crippen LogP contribution in [-0.2, 0) is 0 Å². The predicted molar refractivity (Wildman–Crippen MR) is 92.7 cm³/mol. The van der Waals surface area contributed by atoms with Crippen molar-refractivity contribution >= 4 is 34.7 Å². The molecule has 2 aromatic rings. The van der Waals surface area contributed by atoms with Gasteiger partial charge in [0.2, 0.25) is 0 Å². The number of anilines is 1. The fourth-order valence-electron chi connectivity index (χ4n) is 2.22. The summed E-state index contributed by atoms with van der Waals surface area (Å²) in [7, 11) is 0. The van der Waals surface area contributed by atoms with Crippen molar-refractivity contribution in [2.75, 3.05) is 11.4 Å². The fraction of sp³-hybridized carbons (Fsp3) is 0.333. The van der Waals surface area contributed by atoms with Gasteiger partial charge in [0.1, 0.15) is 0 Å². The normalized spacial score (nSPS) is 10.9. The Morgan fingerprint density at radius 1 is 1.38 bits per heavy atom. The van der Waals surface area contributed by atoms with Crippen LogP contribution in [0.1, 0.15) is 19.5 Å². The Bertz CT molecular complexity index is 634. The topological polar surface area (TPSA) is 57.9 Å². The number of nitrogens with zero attached hydrogens (tertiary/aromatic N) is 2. The largest absolute Gasteiger partial charge is 0.376 e. The molecular weight excluding hydrogens is 304 g/mol. The van der Waals surface area contributed by atoms with Gasteiger partial charge >= 0.3 is 0 Å². The standard InChI is InChI=1S/C15H19ClN4S/c1-9(2)8-20(15(17)21)14-13(10(3)18-19-14)11-4-6-12(16)7-5-11/h4-7,9H,8H2,1-3H3,(H2,17,21)(H,18,19). The summed E-state index contributed by atoms with van der Waals surface area (Å²) in [6.45, 7) is 6.94. The summed E-state index contributed by atoms with van der Waals surface area (Å²) in [6, 6.07) is 7.66. The van der Waals surface area contributed by atoms with E-state index < -0.39 is 0 Å². The molecule has 0 bridgehead atoms. The number of nitrogens with one attached hydrogen (secondary N) is 1. The molecule has 6 heteroatoms. The SMILES string of the molecule is Cc1[nH]nc(N(CC(C)C)C(N)=S)c1-c1ccc(Cl)cc1. The van der Waals surface area contributed by atoms with Crippen LogP contribution in [0.3, 0.4) is 0 Å². The number of nitrogens with two attached hydrogens (primary N) is 1. The quantitative estimate of drug-likeness (QED) is 0.842. The summed E-state index contributed by atoms with van der Waals surface area (Å²) in [5.74, 6) is 1.18. The molecule has 4 nitrogen and oxygen atoms in total. The Morgan fingerprint density at radius 3 is 2.52 bits per heavy atom. The Kier molecular flexibility index (Phi) is 4.85. The lowest BCUT2D eigenvalue weighted by atomic mass is 10.1. The number of aromatic nitrogens is 2. The number of hydrogen-bond donors (Lipinski definition) is 2. The first kappa shape index (κ1) is 15.8. The lowest BCUT2D eigenvalue weighted by molar-refractivity contribution is 0.655. The molecule has 0 aliphatic carbocycles. The van der Waals surface area contributed by atoms with E-state index in [2.05, 4.69) is 24.0 Å². The van der Waals surface area contributed by atoms with Crippen molar-refractivity contribution in [2.24, 2.45) is 11.7 Å². The average molecular weight is 323 g/mol. The van der Waals surface area contributed by atoms with Gasteiger partial charge in [-0.25, -0.2) is 0 Å². The fourth-order valence-corrected chi connectivity index (χ4v) is 2.51. The van der Waals surface area contributed by atoms with E-state index in [9.17, 15) is 0 Å². The van der Waals surface area contributed by atoms with Crippen LogP contribution in [-0.4, -0.2) is 21.9 Å². The molecule has 0 aliphatic rings. The Balaban J connectivity index is 2.50. The van der Waals surface area contributed by atoms with Gasteiger partial charge in [-0.1, -0.05) is 37.6 Å². The third-order valence-corrected chi connectivity index (χ3v) is 3.60. The first-order valence-electron chi connectivity index (χ1n) is 6.78. The van der Waals surface area contributed by atoms with Crippen LogP contribution in [0.4, 0.5) is 5.82 Å². The number of thiocarbonyl (C=S) groups is 1. The second-order valence-corrected chi connectivity index (χ2v) is 6.25. The molecule has 0 saturated heterocycles. The van der Waals surface area contributed by atoms with Gasteiger partial charge in [-0.15, -0.1) is 0 Å². The first-order chi connectivity index (χ1) is 9.90. The number of aryl methyl sites for hydroxylation is 1. The minimum atomic E-state index is 0.324. The molecule has 21 heavy (non-hydrogen) atoms. The van der Waals surface area contributed by atoms with E-state index in [4.69, 9.17) is 29.6 Å². The molecule has 3 N–H and O–H groups in total. The number of benzene rings is 1. The Morgan fingerprint density at radius 2 is 2.00 bits per heavy atom. The molecular formula is C15H19ClN4S. The molecule has 0 amide bonds. The number of aromatic amines is 1. The van der Waals surface area contributed by atoms with Gasteiger partial charge in [-0.2, -0.15) is 5.10 Å². The number of hydrogen-bond acceptors (Lipinski definition) is 2. The van der Waals surface area contributed by atoms with Crippen LogP contribution in [0.25, 0.3) is 11.1 Å². The van der Waals surface area contributed by atoms with Gasteiger partial charge in [-0.05, 0) is 42.8 Å². The maximum atomic E-state index is 5.96. The van der Waals surface area contributed by atoms with E-state index >= 15 is 0 Å². The van der Waals surface area contributed by atoms with Crippen molar-refractivity contribution in [1.82, 2.24) is 10.2 Å². The van der Waals surface area contributed by atoms with E-state index in [0.29, 0.717) is 16.1 Å². The summed E-state index contributed by atoms with van der Waals surface area (Å²) in [6.07, 6.45) is 0. The van der Waals surface area contributed by atoms with E-state index in [0.717, 1.165) is 29.2 Å². The third-order valence-electron chi connectivity index (χ3n) is 3.13. The summed E-state index contributed by atoms with van der Waals surface area (Å²) in [5.41, 5.74) is 8.88. The number of halogens is 1. The highest BCUT2D eigenvalue weighted by Gasteiger charge is 2.21. The van der Waals surface area contributed by atoms with Crippen molar-refractivity contribution in [1.29, 1.82) is 0 Å². The monoisotopic (exact) mass is 322 g/mol. The third kappa shape index (κ3) is 3.54. The number of rotatable bonds is 4. The zero-order valence-corrected chi connectivity index (χ0v) is 13.9. The van der Waals surface area contributed by atoms with Crippen molar-refractivity contribution in [3.63, 3.8) is 0 Å². The summed E-state index contributed by atoms with van der Waals surface area (Å²) in [5, 5.41) is 8.44. The lowest BCUT2D eigenvalue weighted by Crippen LogP contribution is -2.38. The zero-order valence-electron chi connectivity index (χ0n) is 12.4. The minimum Gasteiger partial charge on any atom is -0.376 e. The van der Waals surface area contributed by atoms with Crippen LogP contribution >= 0.6 is 23.8 Å². The van der Waals surface area contributed by atoms with Gasteiger partial charge < -0.3 is 10.6 Å². The predicted octanol–water partition coefficient (Wildman–Crippen LogP) is 3.74. The van der Waals surface area contributed by atoms with Gasteiger partial charge in [0.25, 0.3) is 0 Å². The van der Waals surface area contributed by atoms with E-state index in [-0.39, 0.29) is 0 Å². The molecule has 1 aromatic heterocycles. The summed E-state index contributed by atoms with van der Waals surface area (Å²) >= 11 is 11.1. The minimum absolute atomic E-state index is 0.324. The van der Waals surface area contributed by atoms with Gasteiger partial charge in [0, 0.05) is 22.8 Å². The molecule has 1 heterocycles. The Labute approximate surface area is 135 Å². The first-order valence-corrected chi connectivity index (χ1v) is 7.56. The average Bonchev–Trinajstić information content (AvgIpc) is 2.78. The molecule has 2 rings (SSSR count). The highest BCUT2D eigenvalue weighted by molar-refractivity contribution is 7.80. The lowest BCUT2D eigenvalue weighted by Gasteiger charge is -2.23. The van der Waals surface area contributed by atoms with Crippen LogP contribution in [0, 0.1) is 12.8 Å². The van der Waals surface area contributed by atoms with Crippen LogP contribution in [0.15, 0.2) is 24.3 Å². The zero-order chi connectivity index (χ0) is 15.6. The molecule has 0 atom stereocenters. The van der Waals surface area contributed by atoms with Crippen molar-refractivity contribution in [2.45, 2.75) is 20.8 Å². The van der Waals surface area contributed by atoms with E-state index in [1.165, 1.54) is 0 Å². The molecule has 0 unspecified atom stereocenters. The van der Waals surface area contributed by atoms with E-state index in [1.54, 1.807) is 0 Å². The maximum absolute atomic E-state index is 5.96. The second-order valence-electron chi connectivity index (χ2n) is 5.40. The van der Waals surface area contributed by atoms with Crippen molar-refractivity contribution in [3.05, 3.63) is 35.0 Å². The molecule has 112 valence electrons. The second kappa shape index (κ2) is 6.45. The molecule has 0 aliphatic heterocycles. The maximum Gasteiger partial charge on any atom is 0.172 e. The van der Waals surface area contributed by atoms with Gasteiger partial charge in [0.05, 0.1) is 0 Å². The smallest absolute Gasteiger partial charge is 0.172 e. The van der Waals surface area contributed by atoms with Crippen molar-refractivity contribution < 1.29 is 0 Å². The molecule has 0 spiro atoms. The van der Waals surface area contributed by atoms with E-state index in [1.807, 2.05) is 36.1 Å². The molecule has 0 radical (unpaired) electrons. The van der Waals surface area contributed by atoms with Crippen LogP contribution < -0.4 is 10.6 Å². The highest BCUT2D eigenvalue weighted by Crippen LogP contribution is 2.33. The van der Waals surface area contributed by atoms with Gasteiger partial charge in [-0.3, -0.25) is 5.10 Å². The Hall–Kier alpha value is -1.59. The number of H-pyrrole nitrogens is 1. The van der Waals surface area contributed by atoms with Crippen molar-refractivity contribution in [3.8, 4) is 11.1 Å².